The minimum atomic E-state index is -3.65. The van der Waals surface area contributed by atoms with Gasteiger partial charge in [-0.3, -0.25) is 4.79 Å². The van der Waals surface area contributed by atoms with Crippen LogP contribution in [0.25, 0.3) is 0 Å². The second kappa shape index (κ2) is 5.96. The highest BCUT2D eigenvalue weighted by molar-refractivity contribution is 7.89. The van der Waals surface area contributed by atoms with E-state index in [0.717, 1.165) is 24.8 Å². The first kappa shape index (κ1) is 16.3. The van der Waals surface area contributed by atoms with E-state index in [2.05, 4.69) is 9.97 Å². The fourth-order valence-corrected chi connectivity index (χ4v) is 5.42. The van der Waals surface area contributed by atoms with Gasteiger partial charge in [0, 0.05) is 38.1 Å². The van der Waals surface area contributed by atoms with E-state index < -0.39 is 10.0 Å². The predicted octanol–water partition coefficient (Wildman–Crippen LogP) is 1.84. The number of aromatic amines is 1. The van der Waals surface area contributed by atoms with Gasteiger partial charge in [-0.2, -0.15) is 4.31 Å². The largest absolute Gasteiger partial charge is 0.347 e. The van der Waals surface area contributed by atoms with Crippen molar-refractivity contribution in [1.82, 2.24) is 14.3 Å². The smallest absolute Gasteiger partial charge is 0.243 e. The lowest BCUT2D eigenvalue weighted by Crippen LogP contribution is -2.31. The Bertz CT molecular complexity index is 908. The monoisotopic (exact) mass is 360 g/mol. The Kier molecular flexibility index (Phi) is 3.88. The zero-order valence-corrected chi connectivity index (χ0v) is 14.8. The Labute approximate surface area is 146 Å². The highest BCUT2D eigenvalue weighted by Crippen LogP contribution is 2.37. The number of carbonyl (C=O) groups excluding carboxylic acids is 1. The van der Waals surface area contributed by atoms with Gasteiger partial charge >= 0.3 is 0 Å². The number of hydrogen-bond acceptors (Lipinski definition) is 4. The molecular formula is C17H20N4O3S. The lowest BCUT2D eigenvalue weighted by molar-refractivity contribution is -0.116. The van der Waals surface area contributed by atoms with Crippen LogP contribution in [-0.4, -0.2) is 41.7 Å². The fourth-order valence-electron chi connectivity index (χ4n) is 3.74. The SMILES string of the molecule is CC(=O)N1CCc2ccc(S(=O)(=O)N3CCCC3c3ncc[nH]3)cc21. The van der Waals surface area contributed by atoms with Gasteiger partial charge in [-0.05, 0) is 37.0 Å². The first-order chi connectivity index (χ1) is 12.0. The maximum Gasteiger partial charge on any atom is 0.243 e. The van der Waals surface area contributed by atoms with Crippen LogP contribution in [0.1, 0.15) is 37.2 Å². The number of imidazole rings is 1. The Morgan fingerprint density at radius 1 is 1.32 bits per heavy atom. The van der Waals surface area contributed by atoms with Crippen LogP contribution in [-0.2, 0) is 21.2 Å². The van der Waals surface area contributed by atoms with Crippen molar-refractivity contribution >= 4 is 21.6 Å². The molecule has 1 aromatic heterocycles. The first-order valence-electron chi connectivity index (χ1n) is 8.40. The molecule has 7 nitrogen and oxygen atoms in total. The average Bonchev–Trinajstić information content (AvgIpc) is 3.32. The third-order valence-corrected chi connectivity index (χ3v) is 6.88. The molecule has 2 aliphatic heterocycles. The topological polar surface area (TPSA) is 86.4 Å². The summed E-state index contributed by atoms with van der Waals surface area (Å²) in [6, 6.07) is 4.84. The quantitative estimate of drug-likeness (QED) is 0.905. The van der Waals surface area contributed by atoms with Crippen molar-refractivity contribution in [3.05, 3.63) is 42.0 Å². The summed E-state index contributed by atoms with van der Waals surface area (Å²) in [5, 5.41) is 0. The maximum absolute atomic E-state index is 13.2. The minimum absolute atomic E-state index is 0.0667. The van der Waals surface area contributed by atoms with Crippen molar-refractivity contribution in [1.29, 1.82) is 0 Å². The third kappa shape index (κ3) is 2.65. The van der Waals surface area contributed by atoms with Crippen LogP contribution in [0.3, 0.4) is 0 Å². The number of sulfonamides is 1. The van der Waals surface area contributed by atoms with Crippen molar-refractivity contribution in [2.45, 2.75) is 37.1 Å². The zero-order chi connectivity index (χ0) is 17.6. The molecule has 0 aliphatic carbocycles. The number of nitrogens with one attached hydrogen (secondary N) is 1. The molecule has 4 rings (SSSR count). The number of carbonyl (C=O) groups is 1. The number of amides is 1. The van der Waals surface area contributed by atoms with E-state index >= 15 is 0 Å². The summed E-state index contributed by atoms with van der Waals surface area (Å²) < 4.78 is 27.9. The van der Waals surface area contributed by atoms with E-state index in [0.29, 0.717) is 24.6 Å². The molecule has 0 bridgehead atoms. The molecule has 132 valence electrons. The van der Waals surface area contributed by atoms with Gasteiger partial charge < -0.3 is 9.88 Å². The van der Waals surface area contributed by atoms with Gasteiger partial charge in [0.15, 0.2) is 0 Å². The molecular weight excluding hydrogens is 340 g/mol. The molecule has 1 aromatic carbocycles. The highest BCUT2D eigenvalue weighted by atomic mass is 32.2. The Morgan fingerprint density at radius 3 is 2.88 bits per heavy atom. The standard InChI is InChI=1S/C17H20N4O3S/c1-12(22)20-10-6-13-4-5-14(11-16(13)20)25(23,24)21-9-2-3-15(21)17-18-7-8-19-17/h4-5,7-8,11,15H,2-3,6,9-10H2,1H3,(H,18,19). The number of nitrogens with zero attached hydrogens (tertiary/aromatic N) is 3. The summed E-state index contributed by atoms with van der Waals surface area (Å²) in [7, 11) is -3.65. The number of rotatable bonds is 3. The van der Waals surface area contributed by atoms with Crippen molar-refractivity contribution in [2.75, 3.05) is 18.0 Å². The normalized spacial score (nSPS) is 20.8. The van der Waals surface area contributed by atoms with Gasteiger partial charge in [0.2, 0.25) is 15.9 Å². The van der Waals surface area contributed by atoms with Crippen molar-refractivity contribution < 1.29 is 13.2 Å². The molecule has 0 saturated carbocycles. The molecule has 1 atom stereocenters. The third-order valence-electron chi connectivity index (χ3n) is 4.98. The van der Waals surface area contributed by atoms with Gasteiger partial charge in [0.05, 0.1) is 10.9 Å². The highest BCUT2D eigenvalue weighted by Gasteiger charge is 2.38. The Balaban J connectivity index is 1.71. The summed E-state index contributed by atoms with van der Waals surface area (Å²) in [4.78, 5) is 20.9. The molecule has 1 N–H and O–H groups in total. The van der Waals surface area contributed by atoms with Crippen LogP contribution in [0.2, 0.25) is 0 Å². The van der Waals surface area contributed by atoms with Crippen molar-refractivity contribution in [2.24, 2.45) is 0 Å². The summed E-state index contributed by atoms with van der Waals surface area (Å²) in [5.74, 6) is 0.607. The summed E-state index contributed by atoms with van der Waals surface area (Å²) in [6.07, 6.45) is 5.65. The molecule has 1 fully saturated rings. The van der Waals surface area contributed by atoms with Gasteiger partial charge in [-0.1, -0.05) is 6.07 Å². The van der Waals surface area contributed by atoms with Crippen molar-refractivity contribution in [3.8, 4) is 0 Å². The molecule has 1 unspecified atom stereocenters. The van der Waals surface area contributed by atoms with E-state index in [4.69, 9.17) is 0 Å². The Morgan fingerprint density at radius 2 is 2.16 bits per heavy atom. The Hall–Kier alpha value is -2.19. The lowest BCUT2D eigenvalue weighted by Gasteiger charge is -2.23. The summed E-state index contributed by atoms with van der Waals surface area (Å²) >= 11 is 0. The molecule has 1 amide bonds. The maximum atomic E-state index is 13.2. The summed E-state index contributed by atoms with van der Waals surface area (Å²) in [6.45, 7) is 2.58. The van der Waals surface area contributed by atoms with E-state index in [-0.39, 0.29) is 16.8 Å². The molecule has 2 aliphatic rings. The van der Waals surface area contributed by atoms with Crippen molar-refractivity contribution in [3.63, 3.8) is 0 Å². The molecule has 0 spiro atoms. The minimum Gasteiger partial charge on any atom is -0.347 e. The van der Waals surface area contributed by atoms with Crippen LogP contribution in [0.4, 0.5) is 5.69 Å². The van der Waals surface area contributed by atoms with E-state index in [9.17, 15) is 13.2 Å². The lowest BCUT2D eigenvalue weighted by atomic mass is 10.2. The van der Waals surface area contributed by atoms with Gasteiger partial charge in [-0.25, -0.2) is 13.4 Å². The molecule has 25 heavy (non-hydrogen) atoms. The second-order valence-electron chi connectivity index (χ2n) is 6.46. The number of fused-ring (bicyclic) bond motifs is 1. The summed E-state index contributed by atoms with van der Waals surface area (Å²) in [5.41, 5.74) is 1.72. The van der Waals surface area contributed by atoms with E-state index in [1.807, 2.05) is 6.07 Å². The molecule has 1 saturated heterocycles. The number of benzene rings is 1. The average molecular weight is 360 g/mol. The second-order valence-corrected chi connectivity index (χ2v) is 8.35. The van der Waals surface area contributed by atoms with Gasteiger partial charge in [-0.15, -0.1) is 0 Å². The first-order valence-corrected chi connectivity index (χ1v) is 9.84. The number of H-pyrrole nitrogens is 1. The van der Waals surface area contributed by atoms with E-state index in [1.165, 1.54) is 11.2 Å². The fraction of sp³-hybridized carbons (Fsp3) is 0.412. The van der Waals surface area contributed by atoms with E-state index in [1.54, 1.807) is 29.4 Å². The predicted molar refractivity (Wildman–Crippen MR) is 92.6 cm³/mol. The number of hydrogen-bond donors (Lipinski definition) is 1. The van der Waals surface area contributed by atoms with Crippen LogP contribution < -0.4 is 4.90 Å². The molecule has 2 aromatic rings. The zero-order valence-electron chi connectivity index (χ0n) is 14.0. The molecule has 0 radical (unpaired) electrons. The van der Waals surface area contributed by atoms with Crippen LogP contribution in [0.5, 0.6) is 0 Å². The number of aromatic nitrogens is 2. The molecule has 3 heterocycles. The molecule has 8 heteroatoms. The van der Waals surface area contributed by atoms with Crippen LogP contribution in [0, 0.1) is 0 Å². The van der Waals surface area contributed by atoms with Crippen LogP contribution in [0.15, 0.2) is 35.5 Å². The van der Waals surface area contributed by atoms with Gasteiger partial charge in [0.1, 0.15) is 5.82 Å². The van der Waals surface area contributed by atoms with Crippen LogP contribution >= 0.6 is 0 Å². The number of anilines is 1. The van der Waals surface area contributed by atoms with Gasteiger partial charge in [0.25, 0.3) is 0 Å².